The van der Waals surface area contributed by atoms with Gasteiger partial charge in [0.2, 0.25) is 0 Å². The molecule has 164 valence electrons. The van der Waals surface area contributed by atoms with Gasteiger partial charge >= 0.3 is 18.0 Å². The maximum atomic E-state index is 13.1. The van der Waals surface area contributed by atoms with E-state index in [0.717, 1.165) is 56.9 Å². The molecule has 0 aromatic heterocycles. The number of benzene rings is 1. The van der Waals surface area contributed by atoms with Crippen LogP contribution in [0.25, 0.3) is 0 Å². The summed E-state index contributed by atoms with van der Waals surface area (Å²) in [6.45, 7) is 2.49. The molecule has 30 heavy (non-hydrogen) atoms. The van der Waals surface area contributed by atoms with Gasteiger partial charge in [0.05, 0.1) is 5.56 Å². The third-order valence-corrected chi connectivity index (χ3v) is 6.46. The Morgan fingerprint density at radius 2 is 1.53 bits per heavy atom. The number of carbonyl (C=O) groups is 3. The minimum atomic E-state index is -0.988. The molecule has 0 atom stereocenters. The van der Waals surface area contributed by atoms with Crippen molar-refractivity contribution in [2.45, 2.75) is 83.3 Å². The Balaban J connectivity index is 1.57. The third-order valence-electron chi connectivity index (χ3n) is 6.46. The number of urea groups is 2. The quantitative estimate of drug-likeness (QED) is 0.658. The molecule has 0 aliphatic heterocycles. The van der Waals surface area contributed by atoms with E-state index < -0.39 is 12.0 Å². The highest BCUT2D eigenvalue weighted by Crippen LogP contribution is 2.32. The molecule has 2 saturated carbocycles. The van der Waals surface area contributed by atoms with Crippen LogP contribution in [-0.4, -0.2) is 40.1 Å². The highest BCUT2D eigenvalue weighted by Gasteiger charge is 2.34. The number of aromatic carboxylic acids is 1. The molecule has 3 rings (SSSR count). The van der Waals surface area contributed by atoms with Crippen LogP contribution in [0.2, 0.25) is 0 Å². The lowest BCUT2D eigenvalue weighted by Gasteiger charge is -2.42. The highest BCUT2D eigenvalue weighted by molar-refractivity contribution is 5.93. The first-order valence-electron chi connectivity index (χ1n) is 11.1. The van der Waals surface area contributed by atoms with Crippen molar-refractivity contribution in [1.29, 1.82) is 0 Å². The van der Waals surface area contributed by atoms with Gasteiger partial charge in [-0.05, 0) is 62.1 Å². The molecule has 0 unspecified atom stereocenters. The summed E-state index contributed by atoms with van der Waals surface area (Å²) in [6.07, 6.45) is 9.76. The fourth-order valence-corrected chi connectivity index (χ4v) is 4.66. The summed E-state index contributed by atoms with van der Waals surface area (Å²) in [6, 6.07) is 5.92. The largest absolute Gasteiger partial charge is 0.478 e. The number of hydrogen-bond donors (Lipinski definition) is 3. The van der Waals surface area contributed by atoms with Crippen molar-refractivity contribution in [2.24, 2.45) is 5.92 Å². The number of amides is 4. The second-order valence-corrected chi connectivity index (χ2v) is 8.73. The number of carbonyl (C=O) groups excluding carboxylic acids is 2. The third kappa shape index (κ3) is 5.97. The molecular formula is C23H33N3O4. The molecule has 2 aliphatic carbocycles. The molecule has 1 aromatic rings. The standard InChI is InChI=1S/C23H33N3O4/c1-16-7-13-20(14-8-16)26(19-5-3-2-4-6-19)23(30)25-22(29)24-15-17-9-11-18(12-10-17)21(27)28/h9-12,16,19-20H,2-8,13-15H2,1H3,(H,27,28)(H2,24,25,29,30)/t16-,20-. The van der Waals surface area contributed by atoms with Gasteiger partial charge in [-0.2, -0.15) is 0 Å². The first-order valence-corrected chi connectivity index (χ1v) is 11.1. The van der Waals surface area contributed by atoms with E-state index >= 15 is 0 Å². The zero-order valence-electron chi connectivity index (χ0n) is 17.7. The van der Waals surface area contributed by atoms with Crippen LogP contribution < -0.4 is 10.6 Å². The van der Waals surface area contributed by atoms with Gasteiger partial charge in [0, 0.05) is 18.6 Å². The van der Waals surface area contributed by atoms with Crippen molar-refractivity contribution < 1.29 is 19.5 Å². The Morgan fingerprint density at radius 3 is 2.13 bits per heavy atom. The number of nitrogens with zero attached hydrogens (tertiary/aromatic N) is 1. The molecule has 0 radical (unpaired) electrons. The average molecular weight is 416 g/mol. The molecule has 1 aromatic carbocycles. The van der Waals surface area contributed by atoms with E-state index in [0.29, 0.717) is 5.92 Å². The lowest BCUT2D eigenvalue weighted by Crippen LogP contribution is -2.55. The zero-order chi connectivity index (χ0) is 21.5. The van der Waals surface area contributed by atoms with Crippen molar-refractivity contribution in [3.63, 3.8) is 0 Å². The SMILES string of the molecule is C[C@H]1CC[C@H](N(C(=O)NC(=O)NCc2ccc(C(=O)O)cc2)C2CCCCC2)CC1. The van der Waals surface area contributed by atoms with Gasteiger partial charge < -0.3 is 15.3 Å². The molecule has 0 saturated heterocycles. The van der Waals surface area contributed by atoms with Gasteiger partial charge in [-0.1, -0.05) is 38.3 Å². The summed E-state index contributed by atoms with van der Waals surface area (Å²) in [4.78, 5) is 38.3. The van der Waals surface area contributed by atoms with E-state index in [-0.39, 0.29) is 30.2 Å². The van der Waals surface area contributed by atoms with E-state index in [1.54, 1.807) is 12.1 Å². The minimum absolute atomic E-state index is 0.198. The lowest BCUT2D eigenvalue weighted by molar-refractivity contribution is 0.0696. The molecule has 0 bridgehead atoms. The summed E-state index contributed by atoms with van der Waals surface area (Å²) in [5.74, 6) is -0.286. The summed E-state index contributed by atoms with van der Waals surface area (Å²) in [5.41, 5.74) is 0.969. The first kappa shape index (κ1) is 22.1. The fraction of sp³-hybridized carbons (Fsp3) is 0.609. The van der Waals surface area contributed by atoms with Gasteiger partial charge in [-0.15, -0.1) is 0 Å². The first-order chi connectivity index (χ1) is 14.4. The molecule has 3 N–H and O–H groups in total. The smallest absolute Gasteiger partial charge is 0.335 e. The molecular weight excluding hydrogens is 382 g/mol. The van der Waals surface area contributed by atoms with Crippen LogP contribution in [0.1, 0.15) is 80.6 Å². The molecule has 2 aliphatic rings. The topological polar surface area (TPSA) is 98.7 Å². The van der Waals surface area contributed by atoms with Gasteiger partial charge in [0.25, 0.3) is 0 Å². The van der Waals surface area contributed by atoms with Crippen LogP contribution in [-0.2, 0) is 6.54 Å². The summed E-state index contributed by atoms with van der Waals surface area (Å²) in [7, 11) is 0. The average Bonchev–Trinajstić information content (AvgIpc) is 2.75. The van der Waals surface area contributed by atoms with E-state index in [9.17, 15) is 14.4 Å². The number of carboxylic acids is 1. The lowest BCUT2D eigenvalue weighted by atomic mass is 9.84. The van der Waals surface area contributed by atoms with Crippen LogP contribution in [0.15, 0.2) is 24.3 Å². The summed E-state index contributed by atoms with van der Waals surface area (Å²) in [5, 5.41) is 14.2. The molecule has 0 heterocycles. The molecule has 2 fully saturated rings. The minimum Gasteiger partial charge on any atom is -0.478 e. The summed E-state index contributed by atoms with van der Waals surface area (Å²) < 4.78 is 0. The van der Waals surface area contributed by atoms with Crippen molar-refractivity contribution in [3.8, 4) is 0 Å². The Labute approximate surface area is 178 Å². The second kappa shape index (κ2) is 10.5. The Kier molecular flexibility index (Phi) is 7.71. The van der Waals surface area contributed by atoms with Crippen LogP contribution in [0, 0.1) is 5.92 Å². The van der Waals surface area contributed by atoms with E-state index in [4.69, 9.17) is 5.11 Å². The molecule has 7 nitrogen and oxygen atoms in total. The summed E-state index contributed by atoms with van der Waals surface area (Å²) >= 11 is 0. The molecule has 7 heteroatoms. The van der Waals surface area contributed by atoms with Crippen LogP contribution in [0.3, 0.4) is 0 Å². The number of carboxylic acid groups (broad SMARTS) is 1. The highest BCUT2D eigenvalue weighted by atomic mass is 16.4. The predicted molar refractivity (Wildman–Crippen MR) is 114 cm³/mol. The van der Waals surface area contributed by atoms with Gasteiger partial charge in [-0.3, -0.25) is 5.32 Å². The van der Waals surface area contributed by atoms with Crippen molar-refractivity contribution >= 4 is 18.0 Å². The van der Waals surface area contributed by atoms with Gasteiger partial charge in [0.1, 0.15) is 0 Å². The fourth-order valence-electron chi connectivity index (χ4n) is 4.66. The Hall–Kier alpha value is -2.57. The maximum Gasteiger partial charge on any atom is 0.335 e. The van der Waals surface area contributed by atoms with Gasteiger partial charge in [-0.25, -0.2) is 14.4 Å². The van der Waals surface area contributed by atoms with Crippen molar-refractivity contribution in [2.75, 3.05) is 0 Å². The van der Waals surface area contributed by atoms with E-state index in [1.807, 2.05) is 4.90 Å². The zero-order valence-corrected chi connectivity index (χ0v) is 17.7. The van der Waals surface area contributed by atoms with E-state index in [2.05, 4.69) is 17.6 Å². The molecule has 4 amide bonds. The predicted octanol–water partition coefficient (Wildman–Crippen LogP) is 4.52. The molecule has 0 spiro atoms. The Bertz CT molecular complexity index is 735. The number of rotatable bonds is 5. The van der Waals surface area contributed by atoms with E-state index in [1.165, 1.54) is 18.6 Å². The van der Waals surface area contributed by atoms with Crippen LogP contribution >= 0.6 is 0 Å². The monoisotopic (exact) mass is 415 g/mol. The van der Waals surface area contributed by atoms with Gasteiger partial charge in [0.15, 0.2) is 0 Å². The number of nitrogens with one attached hydrogen (secondary N) is 2. The van der Waals surface area contributed by atoms with Crippen LogP contribution in [0.4, 0.5) is 9.59 Å². The Morgan fingerprint density at radius 1 is 0.933 bits per heavy atom. The van der Waals surface area contributed by atoms with Crippen molar-refractivity contribution in [3.05, 3.63) is 35.4 Å². The second-order valence-electron chi connectivity index (χ2n) is 8.73. The maximum absolute atomic E-state index is 13.1. The number of hydrogen-bond acceptors (Lipinski definition) is 3. The van der Waals surface area contributed by atoms with Crippen LogP contribution in [0.5, 0.6) is 0 Å². The normalized spacial score (nSPS) is 22.2. The number of imide groups is 1. The van der Waals surface area contributed by atoms with Crippen molar-refractivity contribution in [1.82, 2.24) is 15.5 Å².